The van der Waals surface area contributed by atoms with Gasteiger partial charge in [0.05, 0.1) is 0 Å². The Morgan fingerprint density at radius 2 is 1.68 bits per heavy atom. The molecule has 0 atom stereocenters. The predicted octanol–water partition coefficient (Wildman–Crippen LogP) is 1.82. The average molecular weight is 360 g/mol. The summed E-state index contributed by atoms with van der Waals surface area (Å²) in [4.78, 5) is 12.6. The Kier molecular flexibility index (Phi) is 5.06. The van der Waals surface area contributed by atoms with Crippen molar-refractivity contribution in [1.29, 1.82) is 0 Å². The largest absolute Gasteiger partial charge is 0.354 e. The first-order valence-electron chi connectivity index (χ1n) is 8.40. The van der Waals surface area contributed by atoms with Gasteiger partial charge in [-0.15, -0.1) is 0 Å². The molecule has 134 valence electrons. The summed E-state index contributed by atoms with van der Waals surface area (Å²) in [5, 5.41) is -0.108. The third-order valence-electron chi connectivity index (χ3n) is 4.67. The van der Waals surface area contributed by atoms with Gasteiger partial charge < -0.3 is 4.90 Å². The summed E-state index contributed by atoms with van der Waals surface area (Å²) in [7, 11) is -3.38. The molecule has 0 amide bonds. The average Bonchev–Trinajstić information content (AvgIpc) is 2.58. The predicted molar refractivity (Wildman–Crippen MR) is 98.5 cm³/mol. The smallest absolute Gasteiger partial charge is 0.248 e. The molecule has 1 saturated heterocycles. The van der Waals surface area contributed by atoms with Crippen molar-refractivity contribution < 1.29 is 8.42 Å². The monoisotopic (exact) mass is 360 g/mol. The van der Waals surface area contributed by atoms with Gasteiger partial charge in [0.15, 0.2) is 0 Å². The number of hydrogen-bond donors (Lipinski definition) is 0. The molecule has 0 spiro atoms. The molecule has 1 aliphatic heterocycles. The van der Waals surface area contributed by atoms with E-state index in [1.165, 1.54) is 22.9 Å². The number of benzene rings is 1. The van der Waals surface area contributed by atoms with Crippen molar-refractivity contribution >= 4 is 15.7 Å². The van der Waals surface area contributed by atoms with E-state index in [2.05, 4.69) is 51.8 Å². The van der Waals surface area contributed by atoms with E-state index < -0.39 is 9.84 Å². The number of piperazine rings is 1. The Morgan fingerprint density at radius 1 is 1.04 bits per heavy atom. The zero-order chi connectivity index (χ0) is 18.0. The lowest BCUT2D eigenvalue weighted by Crippen LogP contribution is -2.46. The van der Waals surface area contributed by atoms with Gasteiger partial charge >= 0.3 is 0 Å². The maximum Gasteiger partial charge on any atom is 0.248 e. The lowest BCUT2D eigenvalue weighted by atomic mass is 10.0. The topological polar surface area (TPSA) is 66.4 Å². The number of nitrogens with zero attached hydrogens (tertiary/aromatic N) is 4. The van der Waals surface area contributed by atoms with Crippen LogP contribution in [0.25, 0.3) is 0 Å². The zero-order valence-electron chi connectivity index (χ0n) is 14.9. The Balaban J connectivity index is 1.66. The molecule has 7 heteroatoms. The minimum atomic E-state index is -3.38. The van der Waals surface area contributed by atoms with Gasteiger partial charge in [-0.3, -0.25) is 4.90 Å². The summed E-state index contributed by atoms with van der Waals surface area (Å²) in [5.74, 6) is 0.683. The summed E-state index contributed by atoms with van der Waals surface area (Å²) >= 11 is 0. The number of aromatic nitrogens is 2. The second-order valence-corrected chi connectivity index (χ2v) is 8.51. The first-order valence-corrected chi connectivity index (χ1v) is 10.3. The molecule has 25 heavy (non-hydrogen) atoms. The molecule has 0 N–H and O–H groups in total. The van der Waals surface area contributed by atoms with Gasteiger partial charge in [-0.1, -0.05) is 18.2 Å². The highest BCUT2D eigenvalue weighted by molar-refractivity contribution is 7.90. The van der Waals surface area contributed by atoms with E-state index in [0.717, 1.165) is 39.0 Å². The van der Waals surface area contributed by atoms with Crippen LogP contribution in [0.2, 0.25) is 0 Å². The minimum Gasteiger partial charge on any atom is -0.354 e. The van der Waals surface area contributed by atoms with Crippen LogP contribution in [-0.2, 0) is 16.4 Å². The molecule has 1 aliphatic rings. The Hall–Kier alpha value is -1.99. The fourth-order valence-corrected chi connectivity index (χ4v) is 3.66. The molecule has 3 rings (SSSR count). The molecule has 0 bridgehead atoms. The van der Waals surface area contributed by atoms with Crippen molar-refractivity contribution in [3.05, 3.63) is 47.2 Å². The summed E-state index contributed by atoms with van der Waals surface area (Å²) < 4.78 is 23.3. The van der Waals surface area contributed by atoms with Gasteiger partial charge in [-0.2, -0.15) is 0 Å². The first-order chi connectivity index (χ1) is 11.8. The maximum atomic E-state index is 11.6. The van der Waals surface area contributed by atoms with Gasteiger partial charge in [0.2, 0.25) is 15.0 Å². The van der Waals surface area contributed by atoms with Gasteiger partial charge in [-0.05, 0) is 36.6 Å². The second-order valence-electron chi connectivity index (χ2n) is 6.60. The van der Waals surface area contributed by atoms with Crippen LogP contribution in [0.15, 0.2) is 35.6 Å². The lowest BCUT2D eigenvalue weighted by Gasteiger charge is -2.35. The summed E-state index contributed by atoms with van der Waals surface area (Å²) in [6.07, 6.45) is 2.65. The fraction of sp³-hybridized carbons (Fsp3) is 0.444. The Bertz CT molecular complexity index is 839. The molecule has 0 saturated carbocycles. The Labute approximate surface area is 149 Å². The second kappa shape index (κ2) is 7.09. The van der Waals surface area contributed by atoms with Gasteiger partial charge in [0.1, 0.15) is 5.82 Å². The highest BCUT2D eigenvalue weighted by atomic mass is 32.2. The fourth-order valence-electron chi connectivity index (χ4n) is 3.14. The molecule has 1 fully saturated rings. The Morgan fingerprint density at radius 3 is 2.28 bits per heavy atom. The summed E-state index contributed by atoms with van der Waals surface area (Å²) in [6, 6.07) is 8.19. The van der Waals surface area contributed by atoms with Gasteiger partial charge in [-0.25, -0.2) is 18.4 Å². The summed E-state index contributed by atoms with van der Waals surface area (Å²) in [5.41, 5.74) is 4.06. The van der Waals surface area contributed by atoms with Crippen molar-refractivity contribution in [2.45, 2.75) is 25.5 Å². The lowest BCUT2D eigenvalue weighted by molar-refractivity contribution is 0.248. The quantitative estimate of drug-likeness (QED) is 0.775. The molecule has 0 unspecified atom stereocenters. The minimum absolute atomic E-state index is 0.108. The molecular weight excluding hydrogens is 336 g/mol. The standard InChI is InChI=1S/C18H24N4O2S/c1-14-5-4-6-15(2)16(14)13-21-9-11-22(12-10-21)17-7-8-19-18(20-17)25(3,23)24/h4-8H,9-13H2,1-3H3. The molecule has 1 aromatic carbocycles. The molecule has 0 aliphatic carbocycles. The number of hydrogen-bond acceptors (Lipinski definition) is 6. The number of rotatable bonds is 4. The van der Waals surface area contributed by atoms with E-state index >= 15 is 0 Å². The summed E-state index contributed by atoms with van der Waals surface area (Å²) in [6.45, 7) is 8.76. The molecule has 0 radical (unpaired) electrons. The van der Waals surface area contributed by atoms with Crippen LogP contribution in [0.3, 0.4) is 0 Å². The van der Waals surface area contributed by atoms with Crippen LogP contribution in [-0.4, -0.2) is 55.7 Å². The zero-order valence-corrected chi connectivity index (χ0v) is 15.8. The number of sulfone groups is 1. The van der Waals surface area contributed by atoms with E-state index in [0.29, 0.717) is 5.82 Å². The third kappa shape index (κ3) is 4.16. The maximum absolute atomic E-state index is 11.6. The van der Waals surface area contributed by atoms with Crippen molar-refractivity contribution in [2.24, 2.45) is 0 Å². The normalized spacial score (nSPS) is 16.2. The molecular formula is C18H24N4O2S. The van der Waals surface area contributed by atoms with Gasteiger partial charge in [0, 0.05) is 45.2 Å². The van der Waals surface area contributed by atoms with Crippen LogP contribution in [0.1, 0.15) is 16.7 Å². The van der Waals surface area contributed by atoms with Crippen molar-refractivity contribution in [3.63, 3.8) is 0 Å². The molecule has 2 heterocycles. The van der Waals surface area contributed by atoms with E-state index in [9.17, 15) is 8.42 Å². The van der Waals surface area contributed by atoms with Crippen LogP contribution in [0.5, 0.6) is 0 Å². The first kappa shape index (κ1) is 17.8. The highest BCUT2D eigenvalue weighted by Gasteiger charge is 2.21. The van der Waals surface area contributed by atoms with Gasteiger partial charge in [0.25, 0.3) is 0 Å². The molecule has 6 nitrogen and oxygen atoms in total. The van der Waals surface area contributed by atoms with Crippen LogP contribution in [0, 0.1) is 13.8 Å². The van der Waals surface area contributed by atoms with E-state index in [-0.39, 0.29) is 5.16 Å². The van der Waals surface area contributed by atoms with E-state index in [1.54, 1.807) is 6.07 Å². The third-order valence-corrected chi connectivity index (χ3v) is 5.53. The van der Waals surface area contributed by atoms with Crippen molar-refractivity contribution in [1.82, 2.24) is 14.9 Å². The van der Waals surface area contributed by atoms with Crippen molar-refractivity contribution in [3.8, 4) is 0 Å². The number of anilines is 1. The van der Waals surface area contributed by atoms with E-state index in [4.69, 9.17) is 0 Å². The highest BCUT2D eigenvalue weighted by Crippen LogP contribution is 2.19. The van der Waals surface area contributed by atoms with Crippen LogP contribution < -0.4 is 4.90 Å². The van der Waals surface area contributed by atoms with Crippen LogP contribution >= 0.6 is 0 Å². The molecule has 2 aromatic rings. The number of aryl methyl sites for hydroxylation is 2. The van der Waals surface area contributed by atoms with Crippen molar-refractivity contribution in [2.75, 3.05) is 37.3 Å². The SMILES string of the molecule is Cc1cccc(C)c1CN1CCN(c2ccnc(S(C)(=O)=O)n2)CC1. The van der Waals surface area contributed by atoms with Crippen LogP contribution in [0.4, 0.5) is 5.82 Å². The molecule has 1 aromatic heterocycles. The van der Waals surface area contributed by atoms with E-state index in [1.807, 2.05) is 0 Å².